The summed E-state index contributed by atoms with van der Waals surface area (Å²) < 4.78 is 20.1. The average Bonchev–Trinajstić information content (AvgIpc) is 2.34. The molecule has 1 amide bonds. The Kier molecular flexibility index (Phi) is 8.69. The molecule has 1 atom stereocenters. The van der Waals surface area contributed by atoms with Crippen LogP contribution in [-0.2, 0) is 23.3 Å². The number of ether oxygens (including phenoxy) is 2. The molecule has 0 aliphatic rings. The number of alkyl carbamates (subject to hydrolysis) is 1. The molecule has 0 saturated carbocycles. The van der Waals surface area contributed by atoms with E-state index < -0.39 is 20.1 Å². The van der Waals surface area contributed by atoms with Gasteiger partial charge in [0, 0.05) is 20.8 Å². The molecule has 0 aliphatic heterocycles. The number of hydrogen-bond acceptors (Lipinski definition) is 6. The number of hydrogen-bond donors (Lipinski definition) is 1. The zero-order valence-electron chi connectivity index (χ0n) is 12.9. The number of rotatable bonds is 7. The van der Waals surface area contributed by atoms with Crippen molar-refractivity contribution in [2.24, 2.45) is 0 Å². The van der Waals surface area contributed by atoms with Crippen molar-refractivity contribution < 1.29 is 28.1 Å². The smallest absolute Gasteiger partial charge is 0.407 e. The van der Waals surface area contributed by atoms with Gasteiger partial charge in [0.15, 0.2) is 8.38 Å². The highest BCUT2D eigenvalue weighted by Gasteiger charge is 2.27. The second kappa shape index (κ2) is 9.10. The predicted octanol–water partition coefficient (Wildman–Crippen LogP) is 2.05. The van der Waals surface area contributed by atoms with Gasteiger partial charge >= 0.3 is 12.1 Å². The molecule has 0 aromatic carbocycles. The molecule has 0 spiro atoms. The second-order valence-electron chi connectivity index (χ2n) is 4.97. The number of methoxy groups -OCH3 is 1. The van der Waals surface area contributed by atoms with E-state index in [1.54, 1.807) is 20.8 Å². The van der Waals surface area contributed by atoms with Crippen LogP contribution in [0, 0.1) is 0 Å². The second-order valence-corrected chi connectivity index (χ2v) is 7.00. The van der Waals surface area contributed by atoms with Crippen molar-refractivity contribution in [1.82, 2.24) is 5.32 Å². The zero-order chi connectivity index (χ0) is 15.8. The molecule has 20 heavy (non-hydrogen) atoms. The normalized spacial score (nSPS) is 12.9. The van der Waals surface area contributed by atoms with Crippen molar-refractivity contribution in [2.75, 3.05) is 27.9 Å². The maximum Gasteiger partial charge on any atom is 0.407 e. The van der Waals surface area contributed by atoms with E-state index in [2.05, 4.69) is 10.1 Å². The molecule has 0 fully saturated rings. The van der Waals surface area contributed by atoms with Gasteiger partial charge in [-0.05, 0) is 20.8 Å². The molecule has 0 aromatic rings. The van der Waals surface area contributed by atoms with Gasteiger partial charge in [-0.25, -0.2) is 4.79 Å². The van der Waals surface area contributed by atoms with Crippen LogP contribution in [0.25, 0.3) is 0 Å². The van der Waals surface area contributed by atoms with Crippen molar-refractivity contribution in [2.45, 2.75) is 38.5 Å². The number of nitrogens with one attached hydrogen (secondary N) is 1. The molecule has 1 N–H and O–H groups in total. The predicted molar refractivity (Wildman–Crippen MR) is 75.6 cm³/mol. The summed E-state index contributed by atoms with van der Waals surface area (Å²) in [6.07, 6.45) is -0.450. The highest BCUT2D eigenvalue weighted by atomic mass is 31.2. The fourth-order valence-electron chi connectivity index (χ4n) is 1.38. The Morgan fingerprint density at radius 2 is 1.70 bits per heavy atom. The molecular weight excluding hydrogens is 285 g/mol. The van der Waals surface area contributed by atoms with Crippen LogP contribution in [0.2, 0.25) is 0 Å². The first-order valence-corrected chi connectivity index (χ1v) is 7.39. The van der Waals surface area contributed by atoms with Crippen LogP contribution in [0.1, 0.15) is 27.2 Å². The summed E-state index contributed by atoms with van der Waals surface area (Å²) in [5, 5.41) is 2.61. The lowest BCUT2D eigenvalue weighted by molar-refractivity contribution is -0.140. The third-order valence-electron chi connectivity index (χ3n) is 2.17. The summed E-state index contributed by atoms with van der Waals surface area (Å²) in [6, 6.07) is 0. The first-order valence-electron chi connectivity index (χ1n) is 6.14. The van der Waals surface area contributed by atoms with Crippen LogP contribution in [-0.4, -0.2) is 51.2 Å². The molecule has 0 bridgehead atoms. The van der Waals surface area contributed by atoms with Gasteiger partial charge in [0.1, 0.15) is 5.60 Å². The maximum atomic E-state index is 11.6. The van der Waals surface area contributed by atoms with E-state index in [1.807, 2.05) is 0 Å². The Morgan fingerprint density at radius 3 is 2.10 bits per heavy atom. The summed E-state index contributed by atoms with van der Waals surface area (Å²) in [4.78, 5) is 23.0. The van der Waals surface area contributed by atoms with Crippen molar-refractivity contribution >= 4 is 20.4 Å². The Balaban J connectivity index is 4.49. The lowest BCUT2D eigenvalue weighted by Gasteiger charge is -2.24. The fraction of sp³-hybridized carbons (Fsp3) is 0.833. The van der Waals surface area contributed by atoms with E-state index in [9.17, 15) is 9.59 Å². The number of amides is 1. The summed E-state index contributed by atoms with van der Waals surface area (Å²) in [6.45, 7) is 5.53. The topological polar surface area (TPSA) is 83.1 Å². The van der Waals surface area contributed by atoms with Crippen LogP contribution in [0.3, 0.4) is 0 Å². The quantitative estimate of drug-likeness (QED) is 0.572. The largest absolute Gasteiger partial charge is 0.469 e. The van der Waals surface area contributed by atoms with E-state index in [0.717, 1.165) is 0 Å². The van der Waals surface area contributed by atoms with Gasteiger partial charge < -0.3 is 23.8 Å². The number of esters is 1. The van der Waals surface area contributed by atoms with Gasteiger partial charge in [-0.2, -0.15) is 0 Å². The lowest BCUT2D eigenvalue weighted by atomic mass is 10.2. The SMILES string of the molecule is COC(=O)CC(CNC(=O)OC(C)(C)C)P(OC)OC. The standard InChI is InChI=1S/C12H24NO6P/c1-12(2,3)19-11(15)13-8-9(7-10(14)16-4)20(17-5)18-6/h9H,7-8H2,1-6H3,(H,13,15). The number of carbonyl (C=O) groups excluding carboxylic acids is 2. The molecule has 0 rings (SSSR count). The zero-order valence-corrected chi connectivity index (χ0v) is 13.8. The van der Waals surface area contributed by atoms with Gasteiger partial charge in [-0.1, -0.05) is 0 Å². The Hall–Kier alpha value is -0.910. The molecule has 0 radical (unpaired) electrons. The molecule has 0 aromatic heterocycles. The molecule has 118 valence electrons. The van der Waals surface area contributed by atoms with E-state index in [-0.39, 0.29) is 24.6 Å². The summed E-state index contributed by atoms with van der Waals surface area (Å²) in [5.74, 6) is -0.386. The molecule has 0 heterocycles. The van der Waals surface area contributed by atoms with E-state index in [4.69, 9.17) is 13.8 Å². The van der Waals surface area contributed by atoms with E-state index in [0.29, 0.717) is 0 Å². The molecule has 8 heteroatoms. The molecular formula is C12H24NO6P. The van der Waals surface area contributed by atoms with Gasteiger partial charge in [-0.3, -0.25) is 4.79 Å². The fourth-order valence-corrected chi connectivity index (χ4v) is 2.67. The Labute approximate surface area is 121 Å². The van der Waals surface area contributed by atoms with Crippen molar-refractivity contribution in [3.05, 3.63) is 0 Å². The minimum absolute atomic E-state index is 0.0969. The monoisotopic (exact) mass is 309 g/mol. The highest BCUT2D eigenvalue weighted by molar-refractivity contribution is 7.48. The van der Waals surface area contributed by atoms with Crippen molar-refractivity contribution in [3.63, 3.8) is 0 Å². The van der Waals surface area contributed by atoms with Gasteiger partial charge in [0.2, 0.25) is 0 Å². The van der Waals surface area contributed by atoms with Gasteiger partial charge in [0.05, 0.1) is 19.2 Å². The minimum atomic E-state index is -1.29. The summed E-state index contributed by atoms with van der Waals surface area (Å²) >= 11 is 0. The summed E-state index contributed by atoms with van der Waals surface area (Å²) in [7, 11) is 3.00. The third-order valence-corrected chi connectivity index (χ3v) is 3.85. The molecule has 0 saturated heterocycles. The third kappa shape index (κ3) is 8.30. The average molecular weight is 309 g/mol. The summed E-state index contributed by atoms with van der Waals surface area (Å²) in [5.41, 5.74) is -0.880. The Bertz CT molecular complexity index is 314. The number of carbonyl (C=O) groups is 2. The van der Waals surface area contributed by atoms with Crippen LogP contribution in [0.15, 0.2) is 0 Å². The van der Waals surface area contributed by atoms with Gasteiger partial charge in [-0.15, -0.1) is 0 Å². The lowest BCUT2D eigenvalue weighted by Crippen LogP contribution is -2.37. The Morgan fingerprint density at radius 1 is 1.15 bits per heavy atom. The van der Waals surface area contributed by atoms with Crippen LogP contribution >= 0.6 is 8.38 Å². The van der Waals surface area contributed by atoms with Crippen LogP contribution in [0.5, 0.6) is 0 Å². The molecule has 1 unspecified atom stereocenters. The maximum absolute atomic E-state index is 11.6. The van der Waals surface area contributed by atoms with Crippen LogP contribution in [0.4, 0.5) is 4.79 Å². The van der Waals surface area contributed by atoms with E-state index >= 15 is 0 Å². The first-order chi connectivity index (χ1) is 9.23. The van der Waals surface area contributed by atoms with Crippen molar-refractivity contribution in [3.8, 4) is 0 Å². The highest BCUT2D eigenvalue weighted by Crippen LogP contribution is 2.43. The molecule has 0 aliphatic carbocycles. The molecule has 7 nitrogen and oxygen atoms in total. The van der Waals surface area contributed by atoms with Gasteiger partial charge in [0.25, 0.3) is 0 Å². The minimum Gasteiger partial charge on any atom is -0.469 e. The van der Waals surface area contributed by atoms with Crippen molar-refractivity contribution in [1.29, 1.82) is 0 Å². The van der Waals surface area contributed by atoms with E-state index in [1.165, 1.54) is 21.3 Å². The first kappa shape index (κ1) is 19.1. The van der Waals surface area contributed by atoms with Crippen LogP contribution < -0.4 is 5.32 Å².